The van der Waals surface area contributed by atoms with Gasteiger partial charge < -0.3 is 10.3 Å². The highest BCUT2D eigenvalue weighted by molar-refractivity contribution is 5.79. The molecule has 1 aromatic heterocycles. The number of hydrogen-bond donors (Lipinski definition) is 1. The van der Waals surface area contributed by atoms with Crippen molar-refractivity contribution < 1.29 is 4.52 Å². The Morgan fingerprint density at radius 3 is 3.00 bits per heavy atom. The highest BCUT2D eigenvalue weighted by atomic mass is 16.5. The van der Waals surface area contributed by atoms with Gasteiger partial charge in [-0.3, -0.25) is 0 Å². The number of hydrogen-bond acceptors (Lipinski definition) is 3. The van der Waals surface area contributed by atoms with Gasteiger partial charge >= 0.3 is 0 Å². The third kappa shape index (κ3) is 2.02. The molecule has 1 unspecified atom stereocenters. The fourth-order valence-electron chi connectivity index (χ4n) is 1.72. The van der Waals surface area contributed by atoms with E-state index in [4.69, 9.17) is 10.3 Å². The lowest BCUT2D eigenvalue weighted by molar-refractivity contribution is 0.450. The van der Waals surface area contributed by atoms with Crippen molar-refractivity contribution in [2.45, 2.75) is 20.3 Å². The average molecular weight is 204 g/mol. The Morgan fingerprint density at radius 2 is 2.27 bits per heavy atom. The first kappa shape index (κ1) is 10.2. The smallest absolute Gasteiger partial charge is 0.167 e. The van der Waals surface area contributed by atoms with Gasteiger partial charge in [-0.25, -0.2) is 0 Å². The Balaban J connectivity index is 2.33. The average Bonchev–Trinajstić information content (AvgIpc) is 2.60. The van der Waals surface area contributed by atoms with Crippen molar-refractivity contribution in [3.8, 4) is 0 Å². The van der Waals surface area contributed by atoms with Crippen LogP contribution in [0.15, 0.2) is 22.7 Å². The second-order valence-electron chi connectivity index (χ2n) is 4.14. The molecular formula is C12H16N2O. The molecule has 0 aliphatic heterocycles. The van der Waals surface area contributed by atoms with E-state index >= 15 is 0 Å². The van der Waals surface area contributed by atoms with Crippen LogP contribution in [0.2, 0.25) is 0 Å². The number of aryl methyl sites for hydroxylation is 1. The van der Waals surface area contributed by atoms with E-state index < -0.39 is 0 Å². The maximum atomic E-state index is 5.61. The zero-order valence-electron chi connectivity index (χ0n) is 9.16. The molecule has 0 amide bonds. The second kappa shape index (κ2) is 4.03. The van der Waals surface area contributed by atoms with Crippen molar-refractivity contribution in [3.63, 3.8) is 0 Å². The Bertz CT molecular complexity index is 462. The van der Waals surface area contributed by atoms with Crippen molar-refractivity contribution in [2.24, 2.45) is 11.7 Å². The number of aromatic nitrogens is 1. The van der Waals surface area contributed by atoms with Crippen LogP contribution in [-0.2, 0) is 6.42 Å². The summed E-state index contributed by atoms with van der Waals surface area (Å²) in [6.07, 6.45) is 1.01. The van der Waals surface area contributed by atoms with Crippen molar-refractivity contribution >= 4 is 11.0 Å². The Morgan fingerprint density at radius 1 is 1.47 bits per heavy atom. The zero-order valence-corrected chi connectivity index (χ0v) is 9.16. The van der Waals surface area contributed by atoms with E-state index in [1.807, 2.05) is 13.0 Å². The van der Waals surface area contributed by atoms with E-state index in [1.54, 1.807) is 0 Å². The van der Waals surface area contributed by atoms with Crippen molar-refractivity contribution in [3.05, 3.63) is 29.5 Å². The molecule has 2 aromatic rings. The lowest BCUT2D eigenvalue weighted by Crippen LogP contribution is -2.12. The first-order valence-corrected chi connectivity index (χ1v) is 5.25. The van der Waals surface area contributed by atoms with E-state index in [9.17, 15) is 0 Å². The van der Waals surface area contributed by atoms with Crippen LogP contribution in [0.25, 0.3) is 11.0 Å². The van der Waals surface area contributed by atoms with Gasteiger partial charge in [-0.2, -0.15) is 0 Å². The molecule has 0 saturated carbocycles. The van der Waals surface area contributed by atoms with Gasteiger partial charge in [0.05, 0.1) is 5.69 Å². The molecule has 15 heavy (non-hydrogen) atoms. The van der Waals surface area contributed by atoms with E-state index in [0.717, 1.165) is 29.6 Å². The molecule has 1 aromatic carbocycles. The summed E-state index contributed by atoms with van der Waals surface area (Å²) in [4.78, 5) is 0. The molecule has 3 nitrogen and oxygen atoms in total. The van der Waals surface area contributed by atoms with Gasteiger partial charge in [-0.05, 0) is 43.5 Å². The fourth-order valence-corrected chi connectivity index (χ4v) is 1.72. The number of nitrogens with two attached hydrogens (primary N) is 1. The van der Waals surface area contributed by atoms with Crippen molar-refractivity contribution in [2.75, 3.05) is 6.54 Å². The highest BCUT2D eigenvalue weighted by Crippen LogP contribution is 2.20. The van der Waals surface area contributed by atoms with Gasteiger partial charge in [-0.1, -0.05) is 18.1 Å². The number of fused-ring (bicyclic) bond motifs is 1. The van der Waals surface area contributed by atoms with Crippen molar-refractivity contribution in [1.82, 2.24) is 5.16 Å². The number of benzene rings is 1. The first-order chi connectivity index (χ1) is 7.20. The summed E-state index contributed by atoms with van der Waals surface area (Å²) in [5.74, 6) is 0.516. The molecular weight excluding hydrogens is 188 g/mol. The lowest BCUT2D eigenvalue weighted by atomic mass is 10.00. The molecule has 1 heterocycles. The largest absolute Gasteiger partial charge is 0.356 e. The Kier molecular flexibility index (Phi) is 2.73. The minimum Gasteiger partial charge on any atom is -0.356 e. The summed E-state index contributed by atoms with van der Waals surface area (Å²) < 4.78 is 5.16. The predicted molar refractivity (Wildman–Crippen MR) is 60.7 cm³/mol. The topological polar surface area (TPSA) is 52.0 Å². The van der Waals surface area contributed by atoms with Crippen molar-refractivity contribution in [1.29, 1.82) is 0 Å². The van der Waals surface area contributed by atoms with Gasteiger partial charge in [-0.15, -0.1) is 0 Å². The summed E-state index contributed by atoms with van der Waals surface area (Å²) in [7, 11) is 0. The van der Waals surface area contributed by atoms with E-state index in [2.05, 4.69) is 24.2 Å². The van der Waals surface area contributed by atoms with Crippen LogP contribution in [-0.4, -0.2) is 11.7 Å². The normalized spacial score (nSPS) is 13.3. The third-order valence-electron chi connectivity index (χ3n) is 2.70. The van der Waals surface area contributed by atoms with Gasteiger partial charge in [0, 0.05) is 5.39 Å². The molecule has 0 spiro atoms. The van der Waals surface area contributed by atoms with E-state index in [1.165, 1.54) is 5.56 Å². The number of nitrogens with zero attached hydrogens (tertiary/aromatic N) is 1. The quantitative estimate of drug-likeness (QED) is 0.834. The molecule has 2 N–H and O–H groups in total. The van der Waals surface area contributed by atoms with Crippen LogP contribution < -0.4 is 5.73 Å². The van der Waals surface area contributed by atoms with Crippen LogP contribution in [0.4, 0.5) is 0 Å². The van der Waals surface area contributed by atoms with Crippen LogP contribution in [0.3, 0.4) is 0 Å². The zero-order chi connectivity index (χ0) is 10.8. The molecule has 0 aliphatic rings. The monoisotopic (exact) mass is 204 g/mol. The molecule has 0 aliphatic carbocycles. The van der Waals surface area contributed by atoms with Crippen LogP contribution in [0, 0.1) is 12.8 Å². The van der Waals surface area contributed by atoms with Crippen LogP contribution in [0.5, 0.6) is 0 Å². The minimum atomic E-state index is 0.516. The molecule has 0 saturated heterocycles. The lowest BCUT2D eigenvalue weighted by Gasteiger charge is -2.07. The predicted octanol–water partition coefficient (Wildman–Crippen LogP) is 2.27. The third-order valence-corrected chi connectivity index (χ3v) is 2.70. The molecule has 0 radical (unpaired) electrons. The molecule has 3 heteroatoms. The summed E-state index contributed by atoms with van der Waals surface area (Å²) in [6, 6.07) is 6.21. The molecule has 80 valence electrons. The SMILES string of the molecule is Cc1noc2ccc(CC(C)CN)cc12. The van der Waals surface area contributed by atoms with Gasteiger partial charge in [0.2, 0.25) is 0 Å². The highest BCUT2D eigenvalue weighted by Gasteiger charge is 2.06. The molecule has 0 fully saturated rings. The Labute approximate surface area is 89.2 Å². The summed E-state index contributed by atoms with van der Waals surface area (Å²) >= 11 is 0. The minimum absolute atomic E-state index is 0.516. The van der Waals surface area contributed by atoms with E-state index in [-0.39, 0.29) is 0 Å². The number of rotatable bonds is 3. The maximum absolute atomic E-state index is 5.61. The van der Waals surface area contributed by atoms with Gasteiger partial charge in [0.1, 0.15) is 0 Å². The molecule has 1 atom stereocenters. The second-order valence-corrected chi connectivity index (χ2v) is 4.14. The summed E-state index contributed by atoms with van der Waals surface area (Å²) in [5, 5.41) is 5.04. The van der Waals surface area contributed by atoms with Crippen LogP contribution in [0.1, 0.15) is 18.2 Å². The summed E-state index contributed by atoms with van der Waals surface area (Å²) in [6.45, 7) is 4.84. The maximum Gasteiger partial charge on any atom is 0.167 e. The van der Waals surface area contributed by atoms with Gasteiger partial charge in [0.15, 0.2) is 5.58 Å². The summed E-state index contributed by atoms with van der Waals surface area (Å²) in [5.41, 5.74) is 8.72. The fraction of sp³-hybridized carbons (Fsp3) is 0.417. The van der Waals surface area contributed by atoms with Gasteiger partial charge in [0.25, 0.3) is 0 Å². The Hall–Kier alpha value is -1.35. The molecule has 2 rings (SSSR count). The first-order valence-electron chi connectivity index (χ1n) is 5.25. The molecule has 0 bridgehead atoms. The van der Waals surface area contributed by atoms with E-state index in [0.29, 0.717) is 5.92 Å². The van der Waals surface area contributed by atoms with Crippen LogP contribution >= 0.6 is 0 Å². The standard InChI is InChI=1S/C12H16N2O/c1-8(7-13)5-10-3-4-12-11(6-10)9(2)14-15-12/h3-4,6,8H,5,7,13H2,1-2H3.